The molecule has 0 aliphatic heterocycles. The highest BCUT2D eigenvalue weighted by molar-refractivity contribution is 8.01. The van der Waals surface area contributed by atoms with Crippen LogP contribution in [0, 0.1) is 0 Å². The van der Waals surface area contributed by atoms with Gasteiger partial charge >= 0.3 is 6.18 Å². The van der Waals surface area contributed by atoms with Crippen LogP contribution < -0.4 is 10.6 Å². The Morgan fingerprint density at radius 1 is 1.00 bits per heavy atom. The van der Waals surface area contributed by atoms with Crippen LogP contribution >= 0.6 is 57.9 Å². The van der Waals surface area contributed by atoms with E-state index in [2.05, 4.69) is 20.8 Å². The first-order valence-corrected chi connectivity index (χ1v) is 11.4. The predicted molar refractivity (Wildman–Crippen MR) is 120 cm³/mol. The van der Waals surface area contributed by atoms with Gasteiger partial charge in [0.05, 0.1) is 32.6 Å². The van der Waals surface area contributed by atoms with E-state index in [4.69, 9.17) is 34.8 Å². The topological polar surface area (TPSA) is 84.0 Å². The third kappa shape index (κ3) is 6.48. The van der Waals surface area contributed by atoms with Gasteiger partial charge in [0, 0.05) is 5.02 Å². The number of aromatic nitrogens is 2. The van der Waals surface area contributed by atoms with E-state index in [0.29, 0.717) is 9.36 Å². The molecule has 0 spiro atoms. The Kier molecular flexibility index (Phi) is 7.88. The molecule has 32 heavy (non-hydrogen) atoms. The first-order valence-electron chi connectivity index (χ1n) is 8.42. The number of carbonyl (C=O) groups is 2. The number of amides is 2. The van der Waals surface area contributed by atoms with Crippen molar-refractivity contribution in [3.05, 3.63) is 62.6 Å². The van der Waals surface area contributed by atoms with Gasteiger partial charge in [-0.05, 0) is 36.4 Å². The van der Waals surface area contributed by atoms with Crippen molar-refractivity contribution in [1.82, 2.24) is 10.2 Å². The molecule has 0 saturated heterocycles. The summed E-state index contributed by atoms with van der Waals surface area (Å²) in [5, 5.41) is 13.2. The van der Waals surface area contributed by atoms with Gasteiger partial charge in [-0.3, -0.25) is 14.9 Å². The fourth-order valence-electron chi connectivity index (χ4n) is 2.27. The second-order valence-corrected chi connectivity index (χ2v) is 9.43. The van der Waals surface area contributed by atoms with E-state index in [1.807, 2.05) is 0 Å². The molecule has 0 bridgehead atoms. The van der Waals surface area contributed by atoms with Gasteiger partial charge in [0.15, 0.2) is 4.34 Å². The maximum absolute atomic E-state index is 12.8. The Morgan fingerprint density at radius 3 is 2.44 bits per heavy atom. The Labute approximate surface area is 202 Å². The first-order chi connectivity index (χ1) is 15.0. The molecule has 0 saturated carbocycles. The fraction of sp³-hybridized carbons (Fsp3) is 0.111. The molecule has 168 valence electrons. The number of rotatable bonds is 6. The van der Waals surface area contributed by atoms with Gasteiger partial charge in [0.1, 0.15) is 0 Å². The second-order valence-electron chi connectivity index (χ2n) is 5.98. The van der Waals surface area contributed by atoms with Gasteiger partial charge in [0.25, 0.3) is 5.91 Å². The van der Waals surface area contributed by atoms with E-state index in [1.165, 1.54) is 18.2 Å². The van der Waals surface area contributed by atoms with Crippen molar-refractivity contribution >= 4 is 80.5 Å². The lowest BCUT2D eigenvalue weighted by molar-refractivity contribution is -0.137. The zero-order valence-corrected chi connectivity index (χ0v) is 19.4. The molecule has 0 unspecified atom stereocenters. The Balaban J connectivity index is 1.57. The normalized spacial score (nSPS) is 11.3. The highest BCUT2D eigenvalue weighted by Crippen LogP contribution is 2.34. The number of benzene rings is 2. The Morgan fingerprint density at radius 2 is 1.75 bits per heavy atom. The molecule has 0 fully saturated rings. The third-order valence-electron chi connectivity index (χ3n) is 3.70. The van der Waals surface area contributed by atoms with Crippen molar-refractivity contribution < 1.29 is 22.8 Å². The summed E-state index contributed by atoms with van der Waals surface area (Å²) in [4.78, 5) is 24.4. The summed E-state index contributed by atoms with van der Waals surface area (Å²) in [7, 11) is 0. The smallest absolute Gasteiger partial charge is 0.324 e. The third-order valence-corrected chi connectivity index (χ3v) is 6.55. The van der Waals surface area contributed by atoms with Crippen LogP contribution in [0.25, 0.3) is 0 Å². The summed E-state index contributed by atoms with van der Waals surface area (Å²) >= 11 is 19.7. The summed E-state index contributed by atoms with van der Waals surface area (Å²) in [6.45, 7) is 0. The van der Waals surface area contributed by atoms with Gasteiger partial charge in [-0.15, -0.1) is 10.2 Å². The van der Waals surface area contributed by atoms with Crippen LogP contribution in [-0.4, -0.2) is 27.8 Å². The standard InChI is InChI=1S/C18H10Cl3F3N4O2S2/c19-9-2-3-10(12(21)6-9)15(30)26-16-27-28-17(32-16)31-7-14(29)25-13-5-8(18(22,23)24)1-4-11(13)20/h1-6H,7H2,(H,25,29)(H,26,27,30). The van der Waals surface area contributed by atoms with E-state index >= 15 is 0 Å². The van der Waals surface area contributed by atoms with Crippen LogP contribution in [0.4, 0.5) is 24.0 Å². The maximum Gasteiger partial charge on any atom is 0.416 e. The van der Waals surface area contributed by atoms with E-state index in [-0.39, 0.29) is 32.2 Å². The van der Waals surface area contributed by atoms with E-state index in [0.717, 1.165) is 41.3 Å². The SMILES string of the molecule is O=C(CSc1nnc(NC(=O)c2ccc(Cl)cc2Cl)s1)Nc1cc(C(F)(F)F)ccc1Cl. The van der Waals surface area contributed by atoms with E-state index in [9.17, 15) is 22.8 Å². The zero-order valence-electron chi connectivity index (χ0n) is 15.5. The van der Waals surface area contributed by atoms with Gasteiger partial charge in [-0.1, -0.05) is 57.9 Å². The summed E-state index contributed by atoms with van der Waals surface area (Å²) in [6, 6.07) is 7.03. The molecule has 0 aliphatic rings. The van der Waals surface area contributed by atoms with Gasteiger partial charge in [-0.2, -0.15) is 13.2 Å². The quantitative estimate of drug-likeness (QED) is 0.275. The van der Waals surface area contributed by atoms with Gasteiger partial charge in [-0.25, -0.2) is 0 Å². The van der Waals surface area contributed by atoms with Crippen molar-refractivity contribution in [1.29, 1.82) is 0 Å². The van der Waals surface area contributed by atoms with Crippen molar-refractivity contribution in [2.45, 2.75) is 10.5 Å². The number of nitrogens with zero attached hydrogens (tertiary/aromatic N) is 2. The molecule has 2 aromatic carbocycles. The maximum atomic E-state index is 12.8. The van der Waals surface area contributed by atoms with Crippen LogP contribution in [0.2, 0.25) is 15.1 Å². The van der Waals surface area contributed by atoms with Gasteiger partial charge < -0.3 is 5.32 Å². The van der Waals surface area contributed by atoms with E-state index in [1.54, 1.807) is 0 Å². The fourth-order valence-corrected chi connectivity index (χ4v) is 4.47. The molecule has 2 amide bonds. The monoisotopic (exact) mass is 540 g/mol. The van der Waals surface area contributed by atoms with E-state index < -0.39 is 23.6 Å². The van der Waals surface area contributed by atoms with Crippen LogP contribution in [0.15, 0.2) is 40.7 Å². The predicted octanol–water partition coefficient (Wildman–Crippen LogP) is 6.50. The van der Waals surface area contributed by atoms with Crippen LogP contribution in [0.1, 0.15) is 15.9 Å². The highest BCUT2D eigenvalue weighted by atomic mass is 35.5. The largest absolute Gasteiger partial charge is 0.416 e. The summed E-state index contributed by atoms with van der Waals surface area (Å²) < 4.78 is 38.8. The van der Waals surface area contributed by atoms with Crippen molar-refractivity contribution in [2.75, 3.05) is 16.4 Å². The lowest BCUT2D eigenvalue weighted by atomic mass is 10.2. The minimum Gasteiger partial charge on any atom is -0.324 e. The highest BCUT2D eigenvalue weighted by Gasteiger charge is 2.31. The number of nitrogens with one attached hydrogen (secondary N) is 2. The van der Waals surface area contributed by atoms with Crippen molar-refractivity contribution in [3.63, 3.8) is 0 Å². The van der Waals surface area contributed by atoms with Crippen LogP contribution in [0.5, 0.6) is 0 Å². The number of alkyl halides is 3. The molecule has 1 aromatic heterocycles. The average Bonchev–Trinajstić information content (AvgIpc) is 3.14. The number of carbonyl (C=O) groups excluding carboxylic acids is 2. The summed E-state index contributed by atoms with van der Waals surface area (Å²) in [5.74, 6) is -1.28. The Bertz CT molecular complexity index is 1170. The average molecular weight is 542 g/mol. The molecule has 14 heteroatoms. The zero-order chi connectivity index (χ0) is 23.5. The Hall–Kier alpha value is -2.05. The molecule has 6 nitrogen and oxygen atoms in total. The minimum atomic E-state index is -4.57. The molecule has 3 rings (SSSR count). The number of thioether (sulfide) groups is 1. The number of halogens is 6. The summed E-state index contributed by atoms with van der Waals surface area (Å²) in [6.07, 6.45) is -4.57. The molecule has 2 N–H and O–H groups in total. The summed E-state index contributed by atoms with van der Waals surface area (Å²) in [5.41, 5.74) is -0.898. The molecule has 0 atom stereocenters. The minimum absolute atomic E-state index is 0.0295. The van der Waals surface area contributed by atoms with Crippen LogP contribution in [0.3, 0.4) is 0 Å². The lowest BCUT2D eigenvalue weighted by Crippen LogP contribution is -2.15. The molecular weight excluding hydrogens is 532 g/mol. The number of anilines is 2. The number of hydrogen-bond donors (Lipinski definition) is 2. The molecular formula is C18H10Cl3F3N4O2S2. The second kappa shape index (κ2) is 10.3. The lowest BCUT2D eigenvalue weighted by Gasteiger charge is -2.11. The van der Waals surface area contributed by atoms with Crippen LogP contribution in [-0.2, 0) is 11.0 Å². The number of hydrogen-bond acceptors (Lipinski definition) is 6. The van der Waals surface area contributed by atoms with Gasteiger partial charge in [0.2, 0.25) is 11.0 Å². The van der Waals surface area contributed by atoms with Crippen molar-refractivity contribution in [3.8, 4) is 0 Å². The molecule has 0 aliphatic carbocycles. The first kappa shape index (κ1) is 24.6. The molecule has 0 radical (unpaired) electrons. The molecule has 3 aromatic rings. The van der Waals surface area contributed by atoms with Crippen molar-refractivity contribution in [2.24, 2.45) is 0 Å². The molecule has 1 heterocycles.